The number of aromatic nitrogens is 2. The van der Waals surface area contributed by atoms with E-state index in [1.54, 1.807) is 12.3 Å². The molecule has 23 heavy (non-hydrogen) atoms. The fourth-order valence-electron chi connectivity index (χ4n) is 2.26. The number of thioether (sulfide) groups is 1. The fraction of sp³-hybridized carbons (Fsp3) is 0.375. The minimum Gasteiger partial charge on any atom is -0.486 e. The Balaban J connectivity index is 1.68. The first-order valence-electron chi connectivity index (χ1n) is 7.52. The number of amides is 1. The Morgan fingerprint density at radius 1 is 1.39 bits per heavy atom. The number of aryl methyl sites for hydroxylation is 1. The number of nitrogens with zero attached hydrogens (tertiary/aromatic N) is 2. The van der Waals surface area contributed by atoms with Gasteiger partial charge < -0.3 is 19.4 Å². The summed E-state index contributed by atoms with van der Waals surface area (Å²) < 4.78 is 12.9. The second-order valence-corrected chi connectivity index (χ2v) is 6.35. The summed E-state index contributed by atoms with van der Waals surface area (Å²) in [6.45, 7) is 3.07. The molecule has 1 amide bonds. The number of hydrogen-bond acceptors (Lipinski definition) is 5. The third-order valence-electron chi connectivity index (χ3n) is 3.50. The van der Waals surface area contributed by atoms with Crippen molar-refractivity contribution in [2.24, 2.45) is 7.05 Å². The molecule has 1 aromatic heterocycles. The van der Waals surface area contributed by atoms with E-state index in [1.165, 1.54) is 11.8 Å². The zero-order valence-electron chi connectivity index (χ0n) is 13.1. The van der Waals surface area contributed by atoms with Crippen LogP contribution in [0.5, 0.6) is 11.5 Å². The third kappa shape index (κ3) is 3.61. The number of hydrogen-bond donors (Lipinski definition) is 1. The zero-order chi connectivity index (χ0) is 16.2. The van der Waals surface area contributed by atoms with E-state index < -0.39 is 0 Å². The van der Waals surface area contributed by atoms with Crippen LogP contribution < -0.4 is 14.8 Å². The van der Waals surface area contributed by atoms with Gasteiger partial charge in [0.25, 0.3) is 0 Å². The highest BCUT2D eigenvalue weighted by atomic mass is 32.2. The molecule has 0 aliphatic carbocycles. The molecule has 1 unspecified atom stereocenters. The van der Waals surface area contributed by atoms with Gasteiger partial charge >= 0.3 is 0 Å². The number of fused-ring (bicyclic) bond motifs is 1. The van der Waals surface area contributed by atoms with Crippen LogP contribution in [0.4, 0.5) is 5.69 Å². The maximum absolute atomic E-state index is 12.5. The maximum Gasteiger partial charge on any atom is 0.237 e. The van der Waals surface area contributed by atoms with E-state index in [4.69, 9.17) is 9.47 Å². The van der Waals surface area contributed by atoms with Gasteiger partial charge in [-0.1, -0.05) is 18.7 Å². The predicted octanol–water partition coefficient (Wildman–Crippen LogP) is 2.70. The topological polar surface area (TPSA) is 65.4 Å². The highest BCUT2D eigenvalue weighted by Crippen LogP contribution is 2.33. The normalized spacial score (nSPS) is 14.3. The predicted molar refractivity (Wildman–Crippen MR) is 89.2 cm³/mol. The molecule has 2 heterocycles. The first-order chi connectivity index (χ1) is 11.2. The second-order valence-electron chi connectivity index (χ2n) is 5.18. The lowest BCUT2D eigenvalue weighted by Gasteiger charge is -2.19. The molecule has 1 atom stereocenters. The molecule has 6 nitrogen and oxygen atoms in total. The van der Waals surface area contributed by atoms with Crippen LogP contribution in [-0.4, -0.2) is 33.9 Å². The van der Waals surface area contributed by atoms with Crippen molar-refractivity contribution in [1.29, 1.82) is 0 Å². The molecule has 0 saturated heterocycles. The van der Waals surface area contributed by atoms with Gasteiger partial charge in [-0.2, -0.15) is 0 Å². The van der Waals surface area contributed by atoms with Crippen molar-refractivity contribution >= 4 is 23.4 Å². The smallest absolute Gasteiger partial charge is 0.237 e. The number of anilines is 1. The largest absolute Gasteiger partial charge is 0.486 e. The lowest BCUT2D eigenvalue weighted by atomic mass is 10.2. The van der Waals surface area contributed by atoms with Crippen molar-refractivity contribution in [2.45, 2.75) is 23.8 Å². The van der Waals surface area contributed by atoms with Gasteiger partial charge in [-0.25, -0.2) is 4.98 Å². The number of ether oxygens (including phenoxy) is 2. The van der Waals surface area contributed by atoms with Crippen molar-refractivity contribution in [3.05, 3.63) is 30.6 Å². The number of carbonyl (C=O) groups excluding carboxylic acids is 1. The molecule has 1 N–H and O–H groups in total. The highest BCUT2D eigenvalue weighted by Gasteiger charge is 2.21. The van der Waals surface area contributed by atoms with E-state index in [9.17, 15) is 4.79 Å². The van der Waals surface area contributed by atoms with Crippen LogP contribution in [0.2, 0.25) is 0 Å². The summed E-state index contributed by atoms with van der Waals surface area (Å²) in [6, 6.07) is 5.44. The Hall–Kier alpha value is -2.15. The molecule has 2 aromatic rings. The first kappa shape index (κ1) is 15.7. The molecule has 0 radical (unpaired) electrons. The lowest BCUT2D eigenvalue weighted by molar-refractivity contribution is -0.115. The maximum atomic E-state index is 12.5. The molecular formula is C16H19N3O3S. The highest BCUT2D eigenvalue weighted by molar-refractivity contribution is 8.00. The second kappa shape index (κ2) is 6.95. The van der Waals surface area contributed by atoms with Crippen LogP contribution in [0, 0.1) is 0 Å². The molecule has 1 aliphatic rings. The average molecular weight is 333 g/mol. The summed E-state index contributed by atoms with van der Waals surface area (Å²) in [6.07, 6.45) is 4.31. The standard InChI is InChI=1S/C16H19N3O3S/c1-3-14(23-16-17-6-7-19(16)2)15(20)18-11-4-5-12-13(10-11)22-9-8-21-12/h4-7,10,14H,3,8-9H2,1-2H3,(H,18,20). The van der Waals surface area contributed by atoms with Crippen LogP contribution in [0.3, 0.4) is 0 Å². The monoisotopic (exact) mass is 333 g/mol. The average Bonchev–Trinajstić information content (AvgIpc) is 2.97. The molecule has 1 aromatic carbocycles. The Morgan fingerprint density at radius 3 is 2.87 bits per heavy atom. The van der Waals surface area contributed by atoms with Crippen molar-refractivity contribution < 1.29 is 14.3 Å². The van der Waals surface area contributed by atoms with Gasteiger partial charge in [0.1, 0.15) is 13.2 Å². The number of carbonyl (C=O) groups is 1. The summed E-state index contributed by atoms with van der Waals surface area (Å²) in [5.74, 6) is 1.33. The Morgan fingerprint density at radius 2 is 2.17 bits per heavy atom. The van der Waals surface area contributed by atoms with Gasteiger partial charge in [0.15, 0.2) is 16.7 Å². The van der Waals surface area contributed by atoms with Gasteiger partial charge in [0, 0.05) is 31.2 Å². The molecule has 122 valence electrons. The Bertz CT molecular complexity index is 702. The molecule has 3 rings (SSSR count). The van der Waals surface area contributed by atoms with Gasteiger partial charge in [0.05, 0.1) is 5.25 Å². The summed E-state index contributed by atoms with van der Waals surface area (Å²) in [5.41, 5.74) is 0.707. The van der Waals surface area contributed by atoms with Gasteiger partial charge in [-0.3, -0.25) is 4.79 Å². The third-order valence-corrected chi connectivity index (χ3v) is 4.93. The minimum atomic E-state index is -0.204. The number of nitrogens with one attached hydrogen (secondary N) is 1. The van der Waals surface area contributed by atoms with Crippen molar-refractivity contribution in [3.8, 4) is 11.5 Å². The molecule has 0 bridgehead atoms. The van der Waals surface area contributed by atoms with Crippen LogP contribution in [0.1, 0.15) is 13.3 Å². The minimum absolute atomic E-state index is 0.0443. The van der Waals surface area contributed by atoms with Crippen LogP contribution in [0.15, 0.2) is 35.7 Å². The van der Waals surface area contributed by atoms with Gasteiger partial charge in [-0.05, 0) is 18.6 Å². The quantitative estimate of drug-likeness (QED) is 0.852. The van der Waals surface area contributed by atoms with Crippen LogP contribution in [0.25, 0.3) is 0 Å². The van der Waals surface area contributed by atoms with E-state index in [2.05, 4.69) is 10.3 Å². The fourth-order valence-corrected chi connectivity index (χ4v) is 3.19. The van der Waals surface area contributed by atoms with E-state index in [0.717, 1.165) is 5.16 Å². The van der Waals surface area contributed by atoms with E-state index in [1.807, 2.05) is 36.9 Å². The first-order valence-corrected chi connectivity index (χ1v) is 8.40. The lowest BCUT2D eigenvalue weighted by Crippen LogP contribution is -2.25. The van der Waals surface area contributed by atoms with E-state index in [-0.39, 0.29) is 11.2 Å². The Labute approximate surface area is 139 Å². The number of benzene rings is 1. The van der Waals surface area contributed by atoms with Gasteiger partial charge in [-0.15, -0.1) is 0 Å². The van der Waals surface area contributed by atoms with E-state index >= 15 is 0 Å². The SMILES string of the molecule is CCC(Sc1nccn1C)C(=O)Nc1ccc2c(c1)OCCO2. The summed E-state index contributed by atoms with van der Waals surface area (Å²) in [4.78, 5) is 16.8. The molecular weight excluding hydrogens is 314 g/mol. The molecule has 0 fully saturated rings. The van der Waals surface area contributed by atoms with E-state index in [0.29, 0.717) is 36.8 Å². The summed E-state index contributed by atoms with van der Waals surface area (Å²) in [5, 5.41) is 3.57. The molecule has 0 spiro atoms. The Kier molecular flexibility index (Phi) is 4.76. The van der Waals surface area contributed by atoms with Crippen molar-refractivity contribution in [2.75, 3.05) is 18.5 Å². The number of imidazole rings is 1. The summed E-state index contributed by atoms with van der Waals surface area (Å²) in [7, 11) is 1.92. The molecule has 7 heteroatoms. The van der Waals surface area contributed by atoms with Crippen molar-refractivity contribution in [3.63, 3.8) is 0 Å². The van der Waals surface area contributed by atoms with Crippen LogP contribution in [-0.2, 0) is 11.8 Å². The molecule has 1 aliphatic heterocycles. The van der Waals surface area contributed by atoms with Crippen LogP contribution >= 0.6 is 11.8 Å². The zero-order valence-corrected chi connectivity index (χ0v) is 13.9. The van der Waals surface area contributed by atoms with Gasteiger partial charge in [0.2, 0.25) is 5.91 Å². The number of rotatable bonds is 5. The molecule has 0 saturated carbocycles. The van der Waals surface area contributed by atoms with Crippen molar-refractivity contribution in [1.82, 2.24) is 9.55 Å². The summed E-state index contributed by atoms with van der Waals surface area (Å²) >= 11 is 1.46.